The van der Waals surface area contributed by atoms with Crippen molar-refractivity contribution in [1.29, 1.82) is 5.26 Å². The number of nitrogens with zero attached hydrogens (tertiary/aromatic N) is 2. The number of hydrogen-bond acceptors (Lipinski definition) is 3. The highest BCUT2D eigenvalue weighted by Crippen LogP contribution is 2.29. The first-order chi connectivity index (χ1) is 8.95. The molecule has 1 aromatic rings. The van der Waals surface area contributed by atoms with Crippen molar-refractivity contribution < 1.29 is 0 Å². The van der Waals surface area contributed by atoms with Gasteiger partial charge in [-0.25, -0.2) is 0 Å². The fraction of sp³-hybridized carbons (Fsp3) is 0.533. The quantitative estimate of drug-likeness (QED) is 0.865. The first-order valence-electron chi connectivity index (χ1n) is 6.62. The largest absolute Gasteiger partial charge is 0.369 e. The summed E-state index contributed by atoms with van der Waals surface area (Å²) in [7, 11) is 0. The zero-order valence-electron chi connectivity index (χ0n) is 11.9. The van der Waals surface area contributed by atoms with Crippen molar-refractivity contribution in [2.24, 2.45) is 11.7 Å². The average Bonchev–Trinajstić information content (AvgIpc) is 2.34. The lowest BCUT2D eigenvalue weighted by Gasteiger charge is -2.27. The minimum Gasteiger partial charge on any atom is -0.369 e. The zero-order chi connectivity index (χ0) is 14.4. The minimum absolute atomic E-state index is 0.0306. The van der Waals surface area contributed by atoms with E-state index in [9.17, 15) is 0 Å². The molecule has 0 aliphatic heterocycles. The van der Waals surface area contributed by atoms with Crippen molar-refractivity contribution in [3.8, 4) is 6.07 Å². The lowest BCUT2D eigenvalue weighted by molar-refractivity contribution is 0.611. The van der Waals surface area contributed by atoms with E-state index in [-0.39, 0.29) is 6.04 Å². The van der Waals surface area contributed by atoms with Gasteiger partial charge in [-0.3, -0.25) is 0 Å². The molecule has 3 nitrogen and oxygen atoms in total. The van der Waals surface area contributed by atoms with Crippen LogP contribution in [-0.4, -0.2) is 13.1 Å². The molecular weight excluding hydrogens is 302 g/mol. The summed E-state index contributed by atoms with van der Waals surface area (Å²) >= 11 is 3.62. The first-order valence-corrected chi connectivity index (χ1v) is 7.42. The van der Waals surface area contributed by atoms with Gasteiger partial charge in [0, 0.05) is 23.6 Å². The number of hydrogen-bond donors (Lipinski definition) is 1. The SMILES string of the molecule is CC(C)CN(CCC#N)c1ccc([C@H](C)N)cc1Br. The first kappa shape index (κ1) is 16.0. The van der Waals surface area contributed by atoms with E-state index in [1.54, 1.807) is 0 Å². The molecule has 19 heavy (non-hydrogen) atoms. The van der Waals surface area contributed by atoms with Gasteiger partial charge in [0.05, 0.1) is 18.2 Å². The van der Waals surface area contributed by atoms with Gasteiger partial charge in [-0.1, -0.05) is 19.9 Å². The Morgan fingerprint density at radius 3 is 2.53 bits per heavy atom. The Bertz CT molecular complexity index is 449. The normalized spacial score (nSPS) is 12.3. The van der Waals surface area contributed by atoms with E-state index in [1.165, 1.54) is 0 Å². The molecule has 0 radical (unpaired) electrons. The maximum Gasteiger partial charge on any atom is 0.0640 e. The van der Waals surface area contributed by atoms with Crippen LogP contribution in [0, 0.1) is 17.2 Å². The number of nitriles is 1. The summed E-state index contributed by atoms with van der Waals surface area (Å²) < 4.78 is 1.04. The van der Waals surface area contributed by atoms with Gasteiger partial charge in [0.15, 0.2) is 0 Å². The molecule has 0 fully saturated rings. The molecule has 1 aromatic carbocycles. The highest BCUT2D eigenvalue weighted by atomic mass is 79.9. The van der Waals surface area contributed by atoms with E-state index >= 15 is 0 Å². The molecule has 0 spiro atoms. The Kier molecular flexibility index (Phi) is 6.33. The number of benzene rings is 1. The monoisotopic (exact) mass is 323 g/mol. The Labute approximate surface area is 124 Å². The van der Waals surface area contributed by atoms with Crippen LogP contribution in [0.1, 0.15) is 38.8 Å². The molecule has 0 aliphatic carbocycles. The third kappa shape index (κ3) is 4.85. The van der Waals surface area contributed by atoms with Crippen LogP contribution in [0.3, 0.4) is 0 Å². The second kappa shape index (κ2) is 7.52. The van der Waals surface area contributed by atoms with Gasteiger partial charge >= 0.3 is 0 Å². The summed E-state index contributed by atoms with van der Waals surface area (Å²) in [5.74, 6) is 0.554. The van der Waals surface area contributed by atoms with Gasteiger partial charge in [0.25, 0.3) is 0 Å². The molecule has 104 valence electrons. The molecule has 1 atom stereocenters. The lowest BCUT2D eigenvalue weighted by atomic mass is 10.1. The molecule has 0 saturated heterocycles. The van der Waals surface area contributed by atoms with Crippen molar-refractivity contribution in [3.05, 3.63) is 28.2 Å². The standard InChI is InChI=1S/C15H22BrN3/c1-11(2)10-19(8-4-7-17)15-6-5-13(12(3)18)9-14(15)16/h5-6,9,11-12H,4,8,10,18H2,1-3H3/t12-/m0/s1. The van der Waals surface area contributed by atoms with Crippen LogP contribution >= 0.6 is 15.9 Å². The molecule has 0 saturated carbocycles. The summed E-state index contributed by atoms with van der Waals surface area (Å²) in [4.78, 5) is 2.25. The smallest absolute Gasteiger partial charge is 0.0640 e. The third-order valence-electron chi connectivity index (χ3n) is 2.92. The van der Waals surface area contributed by atoms with E-state index < -0.39 is 0 Å². The van der Waals surface area contributed by atoms with Gasteiger partial charge in [0.1, 0.15) is 0 Å². The fourth-order valence-corrected chi connectivity index (χ4v) is 2.65. The molecule has 0 aliphatic rings. The summed E-state index contributed by atoms with van der Waals surface area (Å²) in [6.45, 7) is 8.04. The third-order valence-corrected chi connectivity index (χ3v) is 3.55. The van der Waals surface area contributed by atoms with Crippen molar-refractivity contribution >= 4 is 21.6 Å². The van der Waals surface area contributed by atoms with Gasteiger partial charge in [-0.05, 0) is 46.5 Å². The summed E-state index contributed by atoms with van der Waals surface area (Å²) in [5, 5.41) is 8.78. The van der Waals surface area contributed by atoms with Crippen LogP contribution in [0.25, 0.3) is 0 Å². The van der Waals surface area contributed by atoms with E-state index in [2.05, 4.69) is 58.9 Å². The minimum atomic E-state index is 0.0306. The Balaban J connectivity index is 2.98. The van der Waals surface area contributed by atoms with Crippen molar-refractivity contribution in [2.75, 3.05) is 18.0 Å². The van der Waals surface area contributed by atoms with E-state index in [0.29, 0.717) is 12.3 Å². The van der Waals surface area contributed by atoms with Crippen LogP contribution in [-0.2, 0) is 0 Å². The van der Waals surface area contributed by atoms with Crippen molar-refractivity contribution in [2.45, 2.75) is 33.2 Å². The van der Waals surface area contributed by atoms with Gasteiger partial charge < -0.3 is 10.6 Å². The van der Waals surface area contributed by atoms with Gasteiger partial charge in [-0.2, -0.15) is 5.26 Å². The average molecular weight is 324 g/mol. The molecule has 0 bridgehead atoms. The van der Waals surface area contributed by atoms with E-state index in [4.69, 9.17) is 11.0 Å². The van der Waals surface area contributed by atoms with Gasteiger partial charge in [0.2, 0.25) is 0 Å². The van der Waals surface area contributed by atoms with Gasteiger partial charge in [-0.15, -0.1) is 0 Å². The predicted molar refractivity (Wildman–Crippen MR) is 84.0 cm³/mol. The van der Waals surface area contributed by atoms with Crippen LogP contribution in [0.5, 0.6) is 0 Å². The molecule has 4 heteroatoms. The molecular formula is C15H22BrN3. The maximum absolute atomic E-state index is 8.78. The molecule has 0 amide bonds. The van der Waals surface area contributed by atoms with E-state index in [0.717, 1.165) is 28.8 Å². The predicted octanol–water partition coefficient (Wildman–Crippen LogP) is 3.84. The topological polar surface area (TPSA) is 53.0 Å². The van der Waals surface area contributed by atoms with E-state index in [1.807, 2.05) is 6.92 Å². The lowest BCUT2D eigenvalue weighted by Crippen LogP contribution is -2.29. The second-order valence-electron chi connectivity index (χ2n) is 5.25. The Morgan fingerprint density at radius 2 is 2.05 bits per heavy atom. The Morgan fingerprint density at radius 1 is 1.37 bits per heavy atom. The fourth-order valence-electron chi connectivity index (χ4n) is 2.00. The number of halogens is 1. The van der Waals surface area contributed by atoms with Crippen LogP contribution < -0.4 is 10.6 Å². The second-order valence-corrected chi connectivity index (χ2v) is 6.10. The van der Waals surface area contributed by atoms with Crippen molar-refractivity contribution in [3.63, 3.8) is 0 Å². The highest BCUT2D eigenvalue weighted by Gasteiger charge is 2.13. The molecule has 1 rings (SSSR count). The number of rotatable bonds is 6. The molecule has 0 aromatic heterocycles. The van der Waals surface area contributed by atoms with Crippen LogP contribution in [0.4, 0.5) is 5.69 Å². The summed E-state index contributed by atoms with van der Waals surface area (Å²) in [5.41, 5.74) is 8.14. The number of nitrogens with two attached hydrogens (primary N) is 1. The van der Waals surface area contributed by atoms with Crippen molar-refractivity contribution in [1.82, 2.24) is 0 Å². The molecule has 0 heterocycles. The Hall–Kier alpha value is -1.05. The summed E-state index contributed by atoms with van der Waals surface area (Å²) in [6.07, 6.45) is 0.536. The number of anilines is 1. The zero-order valence-corrected chi connectivity index (χ0v) is 13.4. The molecule has 0 unspecified atom stereocenters. The molecule has 2 N–H and O–H groups in total. The van der Waals surface area contributed by atoms with Crippen LogP contribution in [0.15, 0.2) is 22.7 Å². The van der Waals surface area contributed by atoms with Crippen LogP contribution in [0.2, 0.25) is 0 Å². The highest BCUT2D eigenvalue weighted by molar-refractivity contribution is 9.10. The maximum atomic E-state index is 8.78. The summed E-state index contributed by atoms with van der Waals surface area (Å²) in [6, 6.07) is 8.46.